The fraction of sp³-hybridized carbons (Fsp3) is 0.286. The molecule has 0 saturated carbocycles. The number of rotatable bonds is 5. The van der Waals surface area contributed by atoms with Crippen LogP contribution in [0.4, 0.5) is 8.78 Å². The quantitative estimate of drug-likeness (QED) is 0.474. The molecule has 4 aromatic rings. The molecule has 0 atom stereocenters. The lowest BCUT2D eigenvalue weighted by molar-refractivity contribution is 0.0739. The molecule has 3 heterocycles. The average molecular weight is 397 g/mol. The van der Waals surface area contributed by atoms with E-state index in [0.29, 0.717) is 11.2 Å². The Balaban J connectivity index is 1.78. The Morgan fingerprint density at radius 2 is 1.90 bits per heavy atom. The Morgan fingerprint density at radius 1 is 1.14 bits per heavy atom. The van der Waals surface area contributed by atoms with Crippen LogP contribution < -0.4 is 4.74 Å². The van der Waals surface area contributed by atoms with Crippen LogP contribution in [0.15, 0.2) is 55.1 Å². The Labute approximate surface area is 166 Å². The second-order valence-corrected chi connectivity index (χ2v) is 7.73. The van der Waals surface area contributed by atoms with Gasteiger partial charge in [0.2, 0.25) is 5.88 Å². The molecular weight excluding hydrogens is 376 g/mol. The van der Waals surface area contributed by atoms with Gasteiger partial charge < -0.3 is 4.74 Å². The van der Waals surface area contributed by atoms with E-state index in [9.17, 15) is 8.78 Å². The summed E-state index contributed by atoms with van der Waals surface area (Å²) in [6.07, 6.45) is 4.68. The Morgan fingerprint density at radius 3 is 2.55 bits per heavy atom. The fourth-order valence-electron chi connectivity index (χ4n) is 2.97. The SMILES string of the molecule is CC(C)(C)n1cc(-c2cc3ncn(C(F)F)c3c(OCc3ccccc3)n2)cn1. The van der Waals surface area contributed by atoms with E-state index >= 15 is 0 Å². The van der Waals surface area contributed by atoms with Gasteiger partial charge in [-0.2, -0.15) is 13.9 Å². The van der Waals surface area contributed by atoms with Gasteiger partial charge in [0, 0.05) is 11.8 Å². The summed E-state index contributed by atoms with van der Waals surface area (Å²) >= 11 is 0. The Bertz CT molecular complexity index is 1130. The van der Waals surface area contributed by atoms with E-state index in [2.05, 4.69) is 15.1 Å². The molecule has 6 nitrogen and oxygen atoms in total. The highest BCUT2D eigenvalue weighted by Gasteiger charge is 2.20. The van der Waals surface area contributed by atoms with E-state index in [4.69, 9.17) is 4.74 Å². The molecule has 0 fully saturated rings. The third-order valence-electron chi connectivity index (χ3n) is 4.51. The van der Waals surface area contributed by atoms with Crippen LogP contribution in [0.25, 0.3) is 22.3 Å². The number of hydrogen-bond donors (Lipinski definition) is 0. The van der Waals surface area contributed by atoms with E-state index in [1.807, 2.05) is 62.0 Å². The van der Waals surface area contributed by atoms with Crippen LogP contribution in [0.3, 0.4) is 0 Å². The van der Waals surface area contributed by atoms with E-state index in [1.165, 1.54) is 0 Å². The number of imidazole rings is 1. The van der Waals surface area contributed by atoms with Gasteiger partial charge in [0.25, 0.3) is 0 Å². The van der Waals surface area contributed by atoms with E-state index < -0.39 is 6.55 Å². The number of hydrogen-bond acceptors (Lipinski definition) is 4. The van der Waals surface area contributed by atoms with E-state index in [1.54, 1.807) is 12.3 Å². The van der Waals surface area contributed by atoms with Crippen molar-refractivity contribution in [3.63, 3.8) is 0 Å². The number of nitrogens with zero attached hydrogens (tertiary/aromatic N) is 5. The smallest absolute Gasteiger partial charge is 0.320 e. The number of alkyl halides is 2. The third kappa shape index (κ3) is 3.83. The molecule has 0 unspecified atom stereocenters. The number of benzene rings is 1. The highest BCUT2D eigenvalue weighted by Crippen LogP contribution is 2.32. The topological polar surface area (TPSA) is 57.8 Å². The maximum Gasteiger partial charge on any atom is 0.320 e. The maximum atomic E-state index is 13.5. The van der Waals surface area contributed by atoms with Gasteiger partial charge in [-0.3, -0.25) is 9.25 Å². The Hall–Kier alpha value is -3.29. The lowest BCUT2D eigenvalue weighted by Gasteiger charge is -2.18. The van der Waals surface area contributed by atoms with Crippen molar-refractivity contribution in [1.29, 1.82) is 0 Å². The summed E-state index contributed by atoms with van der Waals surface area (Å²) < 4.78 is 35.4. The highest BCUT2D eigenvalue weighted by molar-refractivity contribution is 5.84. The summed E-state index contributed by atoms with van der Waals surface area (Å²) in [5.41, 5.74) is 2.61. The summed E-state index contributed by atoms with van der Waals surface area (Å²) in [5, 5.41) is 4.39. The van der Waals surface area contributed by atoms with Crippen molar-refractivity contribution in [3.05, 3.63) is 60.7 Å². The molecule has 0 radical (unpaired) electrons. The average Bonchev–Trinajstić information content (AvgIpc) is 3.34. The van der Waals surface area contributed by atoms with Crippen molar-refractivity contribution in [3.8, 4) is 17.1 Å². The zero-order valence-electron chi connectivity index (χ0n) is 16.4. The molecule has 29 heavy (non-hydrogen) atoms. The standard InChI is InChI=1S/C21H21F2N5O/c1-21(2,3)28-11-15(10-25-28)16-9-17-18(27(13-24-17)20(22)23)19(26-16)29-12-14-7-5-4-6-8-14/h4-11,13,20H,12H2,1-3H3. The molecule has 0 bridgehead atoms. The van der Waals surface area contributed by atoms with Crippen molar-refractivity contribution in [2.75, 3.05) is 0 Å². The first-order valence-electron chi connectivity index (χ1n) is 9.21. The molecular formula is C21H21F2N5O. The molecule has 0 aliphatic heterocycles. The van der Waals surface area contributed by atoms with Gasteiger partial charge in [-0.15, -0.1) is 0 Å². The minimum Gasteiger partial charge on any atom is -0.471 e. The third-order valence-corrected chi connectivity index (χ3v) is 4.51. The van der Waals surface area contributed by atoms with Crippen LogP contribution in [0, 0.1) is 0 Å². The fourth-order valence-corrected chi connectivity index (χ4v) is 2.97. The second-order valence-electron chi connectivity index (χ2n) is 7.73. The van der Waals surface area contributed by atoms with Crippen molar-refractivity contribution in [1.82, 2.24) is 24.3 Å². The molecule has 0 amide bonds. The van der Waals surface area contributed by atoms with Gasteiger partial charge in [-0.05, 0) is 32.4 Å². The van der Waals surface area contributed by atoms with Crippen molar-refractivity contribution in [2.45, 2.75) is 39.5 Å². The first kappa shape index (κ1) is 19.0. The van der Waals surface area contributed by atoms with Gasteiger partial charge >= 0.3 is 6.55 Å². The van der Waals surface area contributed by atoms with Crippen LogP contribution in [0.5, 0.6) is 5.88 Å². The van der Waals surface area contributed by atoms with Crippen molar-refractivity contribution in [2.24, 2.45) is 0 Å². The normalized spacial score (nSPS) is 12.1. The van der Waals surface area contributed by atoms with Crippen LogP contribution in [0.2, 0.25) is 0 Å². The summed E-state index contributed by atoms with van der Waals surface area (Å²) in [6, 6.07) is 11.2. The number of ether oxygens (including phenoxy) is 1. The van der Waals surface area contributed by atoms with Gasteiger partial charge in [0.05, 0.1) is 22.9 Å². The predicted molar refractivity (Wildman–Crippen MR) is 106 cm³/mol. The van der Waals surface area contributed by atoms with E-state index in [0.717, 1.165) is 22.0 Å². The monoisotopic (exact) mass is 397 g/mol. The summed E-state index contributed by atoms with van der Waals surface area (Å²) in [5.74, 6) is 0.114. The second kappa shape index (κ2) is 7.27. The van der Waals surface area contributed by atoms with Gasteiger partial charge in [-0.1, -0.05) is 30.3 Å². The summed E-state index contributed by atoms with van der Waals surface area (Å²) in [4.78, 5) is 8.66. The van der Waals surface area contributed by atoms with Crippen LogP contribution in [-0.4, -0.2) is 24.3 Å². The molecule has 0 saturated heterocycles. The van der Waals surface area contributed by atoms with Crippen molar-refractivity contribution >= 4 is 11.0 Å². The zero-order chi connectivity index (χ0) is 20.6. The molecule has 0 spiro atoms. The van der Waals surface area contributed by atoms with E-state index in [-0.39, 0.29) is 23.5 Å². The molecule has 3 aromatic heterocycles. The first-order chi connectivity index (χ1) is 13.8. The van der Waals surface area contributed by atoms with Crippen LogP contribution in [0.1, 0.15) is 32.9 Å². The zero-order valence-corrected chi connectivity index (χ0v) is 16.4. The number of halogens is 2. The lowest BCUT2D eigenvalue weighted by atomic mass is 10.1. The summed E-state index contributed by atoms with van der Waals surface area (Å²) in [7, 11) is 0. The lowest BCUT2D eigenvalue weighted by Crippen LogP contribution is -2.21. The minimum absolute atomic E-state index is 0.114. The molecule has 0 aliphatic carbocycles. The number of aromatic nitrogens is 5. The molecule has 0 aliphatic rings. The van der Waals surface area contributed by atoms with Gasteiger partial charge in [0.15, 0.2) is 0 Å². The molecule has 8 heteroatoms. The van der Waals surface area contributed by atoms with Gasteiger partial charge in [0.1, 0.15) is 18.5 Å². The first-order valence-corrected chi connectivity index (χ1v) is 9.21. The molecule has 150 valence electrons. The van der Waals surface area contributed by atoms with Crippen LogP contribution >= 0.6 is 0 Å². The largest absolute Gasteiger partial charge is 0.471 e. The van der Waals surface area contributed by atoms with Crippen molar-refractivity contribution < 1.29 is 13.5 Å². The molecule has 1 aromatic carbocycles. The maximum absolute atomic E-state index is 13.5. The minimum atomic E-state index is -2.74. The number of fused-ring (bicyclic) bond motifs is 1. The van der Waals surface area contributed by atoms with Gasteiger partial charge in [-0.25, -0.2) is 9.97 Å². The number of pyridine rings is 1. The molecule has 4 rings (SSSR count). The summed E-state index contributed by atoms with van der Waals surface area (Å²) in [6.45, 7) is 3.59. The molecule has 0 N–H and O–H groups in total. The predicted octanol–water partition coefficient (Wildman–Crippen LogP) is 5.02. The van der Waals surface area contributed by atoms with Crippen LogP contribution in [-0.2, 0) is 12.1 Å². The highest BCUT2D eigenvalue weighted by atomic mass is 19.3. The Kier molecular flexibility index (Phi) is 4.77.